The topological polar surface area (TPSA) is 17.0 Å². The van der Waals surface area contributed by atoms with Gasteiger partial charge in [0.15, 0.2) is 0 Å². The van der Waals surface area contributed by atoms with E-state index in [-0.39, 0.29) is 6.04 Å². The minimum absolute atomic E-state index is 0.267. The number of aromatic nitrogens is 1. The zero-order valence-corrected chi connectivity index (χ0v) is 18.6. The summed E-state index contributed by atoms with van der Waals surface area (Å²) >= 11 is 12.2. The van der Waals surface area contributed by atoms with E-state index >= 15 is 0 Å². The average molecular weight is 435 g/mol. The molecule has 0 amide bonds. The molecular formula is C26H24Cl2N2. The van der Waals surface area contributed by atoms with Gasteiger partial charge in [-0.15, -0.1) is 0 Å². The normalized spacial score (nSPS) is 12.1. The van der Waals surface area contributed by atoms with Gasteiger partial charge in [-0.2, -0.15) is 0 Å². The molecule has 0 saturated heterocycles. The molecule has 1 unspecified atom stereocenters. The molecule has 0 saturated carbocycles. The van der Waals surface area contributed by atoms with Gasteiger partial charge in [0, 0.05) is 34.0 Å². The van der Waals surface area contributed by atoms with Crippen molar-refractivity contribution >= 4 is 23.2 Å². The molecule has 4 heteroatoms. The first-order chi connectivity index (χ1) is 14.5. The van der Waals surface area contributed by atoms with Gasteiger partial charge in [0.1, 0.15) is 0 Å². The van der Waals surface area contributed by atoms with Crippen molar-refractivity contribution < 1.29 is 0 Å². The molecule has 0 aliphatic heterocycles. The predicted octanol–water partition coefficient (Wildman–Crippen LogP) is 7.61. The maximum absolute atomic E-state index is 6.13. The van der Waals surface area contributed by atoms with E-state index in [0.717, 1.165) is 33.5 Å². The summed E-state index contributed by atoms with van der Waals surface area (Å²) in [4.78, 5) is 0. The maximum Gasteiger partial charge on any atom is 0.0534 e. The van der Waals surface area contributed by atoms with Gasteiger partial charge in [-0.1, -0.05) is 65.7 Å². The van der Waals surface area contributed by atoms with Crippen LogP contribution in [0.2, 0.25) is 10.0 Å². The highest BCUT2D eigenvalue weighted by Gasteiger charge is 2.16. The van der Waals surface area contributed by atoms with Crippen LogP contribution < -0.4 is 5.32 Å². The number of halogens is 2. The van der Waals surface area contributed by atoms with Crippen LogP contribution in [0.4, 0.5) is 0 Å². The summed E-state index contributed by atoms with van der Waals surface area (Å²) in [7, 11) is 0. The Balaban J connectivity index is 1.70. The smallest absolute Gasteiger partial charge is 0.0534 e. The monoisotopic (exact) mass is 434 g/mol. The van der Waals surface area contributed by atoms with E-state index in [1.54, 1.807) is 0 Å². The van der Waals surface area contributed by atoms with Crippen molar-refractivity contribution in [3.8, 4) is 16.9 Å². The lowest BCUT2D eigenvalue weighted by Gasteiger charge is -2.15. The summed E-state index contributed by atoms with van der Waals surface area (Å²) in [5, 5.41) is 5.13. The highest BCUT2D eigenvalue weighted by atomic mass is 35.5. The van der Waals surface area contributed by atoms with Crippen LogP contribution in [-0.4, -0.2) is 4.57 Å². The minimum atomic E-state index is 0.267. The molecule has 152 valence electrons. The zero-order valence-electron chi connectivity index (χ0n) is 17.1. The Hall–Kier alpha value is -2.52. The third-order valence-electron chi connectivity index (χ3n) is 5.48. The van der Waals surface area contributed by atoms with Gasteiger partial charge < -0.3 is 9.88 Å². The quantitative estimate of drug-likeness (QED) is 0.330. The lowest BCUT2D eigenvalue weighted by atomic mass is 10.1. The second kappa shape index (κ2) is 9.09. The first-order valence-corrected chi connectivity index (χ1v) is 10.8. The van der Waals surface area contributed by atoms with Crippen molar-refractivity contribution in [3.63, 3.8) is 0 Å². The Kier molecular flexibility index (Phi) is 6.29. The van der Waals surface area contributed by atoms with Crippen LogP contribution in [0.25, 0.3) is 16.9 Å². The Labute approximate surface area is 188 Å². The van der Waals surface area contributed by atoms with Crippen molar-refractivity contribution in [3.05, 3.63) is 112 Å². The van der Waals surface area contributed by atoms with Crippen LogP contribution >= 0.6 is 23.2 Å². The van der Waals surface area contributed by atoms with E-state index in [2.05, 4.69) is 78.3 Å². The van der Waals surface area contributed by atoms with E-state index < -0.39 is 0 Å². The van der Waals surface area contributed by atoms with Crippen molar-refractivity contribution in [2.75, 3.05) is 0 Å². The average Bonchev–Trinajstić information content (AvgIpc) is 3.10. The highest BCUT2D eigenvalue weighted by molar-refractivity contribution is 6.30. The maximum atomic E-state index is 6.13. The summed E-state index contributed by atoms with van der Waals surface area (Å²) in [6.45, 7) is 5.14. The lowest BCUT2D eigenvalue weighted by molar-refractivity contribution is 0.573. The largest absolute Gasteiger partial charge is 0.314 e. The molecule has 1 N–H and O–H groups in total. The van der Waals surface area contributed by atoms with Gasteiger partial charge in [0.2, 0.25) is 0 Å². The van der Waals surface area contributed by atoms with Crippen molar-refractivity contribution in [1.82, 2.24) is 9.88 Å². The van der Waals surface area contributed by atoms with E-state index in [1.165, 1.54) is 16.8 Å². The third kappa shape index (κ3) is 4.46. The summed E-state index contributed by atoms with van der Waals surface area (Å²) < 4.78 is 2.28. The summed E-state index contributed by atoms with van der Waals surface area (Å²) in [5.74, 6) is 0. The third-order valence-corrected chi connectivity index (χ3v) is 5.98. The van der Waals surface area contributed by atoms with Gasteiger partial charge in [-0.25, -0.2) is 0 Å². The second-order valence-corrected chi connectivity index (χ2v) is 8.35. The molecule has 2 nitrogen and oxygen atoms in total. The molecular weight excluding hydrogens is 411 g/mol. The molecule has 4 aromatic rings. The Morgan fingerprint density at radius 2 is 1.43 bits per heavy atom. The standard InChI is InChI=1S/C26H24Cl2N2/c1-18(20-6-4-3-5-7-20)29-17-22-16-26(21-8-10-23(27)11-9-21)30(19(22)2)25-14-12-24(28)13-15-25/h3-16,18,29H,17H2,1-2H3. The fraction of sp³-hybridized carbons (Fsp3) is 0.154. The summed E-state index contributed by atoms with van der Waals surface area (Å²) in [6, 6.07) is 29.0. The Morgan fingerprint density at radius 3 is 2.07 bits per heavy atom. The number of rotatable bonds is 6. The number of nitrogens with one attached hydrogen (secondary N) is 1. The van der Waals surface area contributed by atoms with Gasteiger partial charge in [-0.3, -0.25) is 0 Å². The van der Waals surface area contributed by atoms with Crippen LogP contribution in [0.3, 0.4) is 0 Å². The van der Waals surface area contributed by atoms with Crippen LogP contribution in [-0.2, 0) is 6.54 Å². The number of hydrogen-bond donors (Lipinski definition) is 1. The van der Waals surface area contributed by atoms with E-state index in [9.17, 15) is 0 Å². The van der Waals surface area contributed by atoms with Crippen molar-refractivity contribution in [2.45, 2.75) is 26.4 Å². The molecule has 0 aliphatic carbocycles. The molecule has 4 rings (SSSR count). The van der Waals surface area contributed by atoms with Gasteiger partial charge >= 0.3 is 0 Å². The van der Waals surface area contributed by atoms with Gasteiger partial charge in [-0.05, 0) is 73.0 Å². The molecule has 1 heterocycles. The van der Waals surface area contributed by atoms with Crippen molar-refractivity contribution in [2.24, 2.45) is 0 Å². The fourth-order valence-corrected chi connectivity index (χ4v) is 3.97. The zero-order chi connectivity index (χ0) is 21.1. The van der Waals surface area contributed by atoms with Crippen LogP contribution in [0.15, 0.2) is 84.9 Å². The first kappa shape index (κ1) is 20.7. The number of benzene rings is 3. The van der Waals surface area contributed by atoms with Gasteiger partial charge in [0.25, 0.3) is 0 Å². The molecule has 1 aromatic heterocycles. The lowest BCUT2D eigenvalue weighted by Crippen LogP contribution is -2.18. The molecule has 30 heavy (non-hydrogen) atoms. The molecule has 0 fully saturated rings. The van der Waals surface area contributed by atoms with Crippen molar-refractivity contribution in [1.29, 1.82) is 0 Å². The SMILES string of the molecule is Cc1c(CNC(C)c2ccccc2)cc(-c2ccc(Cl)cc2)n1-c1ccc(Cl)cc1. The van der Waals surface area contributed by atoms with Gasteiger partial charge in [0.05, 0.1) is 5.69 Å². The molecule has 3 aromatic carbocycles. The Morgan fingerprint density at radius 1 is 0.833 bits per heavy atom. The second-order valence-electron chi connectivity index (χ2n) is 7.47. The van der Waals surface area contributed by atoms with Crippen LogP contribution in [0, 0.1) is 6.92 Å². The van der Waals surface area contributed by atoms with E-state index in [0.29, 0.717) is 0 Å². The molecule has 0 spiro atoms. The first-order valence-electron chi connectivity index (χ1n) is 10.0. The molecule has 0 radical (unpaired) electrons. The van der Waals surface area contributed by atoms with Crippen LogP contribution in [0.5, 0.6) is 0 Å². The molecule has 1 atom stereocenters. The van der Waals surface area contributed by atoms with E-state index in [1.807, 2.05) is 30.3 Å². The number of nitrogens with zero attached hydrogens (tertiary/aromatic N) is 1. The minimum Gasteiger partial charge on any atom is -0.314 e. The fourth-order valence-electron chi connectivity index (χ4n) is 3.72. The van der Waals surface area contributed by atoms with Crippen LogP contribution in [0.1, 0.15) is 29.8 Å². The highest BCUT2D eigenvalue weighted by Crippen LogP contribution is 2.31. The molecule has 0 aliphatic rings. The van der Waals surface area contributed by atoms with E-state index in [4.69, 9.17) is 23.2 Å². The summed E-state index contributed by atoms with van der Waals surface area (Å²) in [6.07, 6.45) is 0. The molecule has 0 bridgehead atoms. The predicted molar refractivity (Wildman–Crippen MR) is 128 cm³/mol. The number of hydrogen-bond acceptors (Lipinski definition) is 1. The Bertz CT molecular complexity index is 1110. The summed E-state index contributed by atoms with van der Waals surface area (Å²) in [5.41, 5.74) is 7.09.